The topological polar surface area (TPSA) is 75.6 Å². The molecule has 114 valence electrons. The smallest absolute Gasteiger partial charge is 0.330 e. The summed E-state index contributed by atoms with van der Waals surface area (Å²) in [6.07, 6.45) is 3.68. The molecule has 0 heterocycles. The first kappa shape index (κ1) is 15.6. The van der Waals surface area contributed by atoms with E-state index < -0.39 is 12.0 Å². The summed E-state index contributed by atoms with van der Waals surface area (Å²) in [7, 11) is 1.48. The highest BCUT2D eigenvalue weighted by atomic mass is 35.5. The van der Waals surface area contributed by atoms with Gasteiger partial charge in [-0.25, -0.2) is 4.79 Å². The number of halogens is 1. The maximum atomic E-state index is 12.1. The van der Waals surface area contributed by atoms with Gasteiger partial charge in [0.1, 0.15) is 5.75 Å². The molecule has 1 aliphatic carbocycles. The van der Waals surface area contributed by atoms with Crippen molar-refractivity contribution in [1.82, 2.24) is 5.32 Å². The van der Waals surface area contributed by atoms with Crippen LogP contribution in [0.4, 0.5) is 0 Å². The first-order valence-corrected chi connectivity index (χ1v) is 7.27. The lowest BCUT2D eigenvalue weighted by Crippen LogP contribution is -2.37. The SMILES string of the molecule is COc1ccc(C(NC(=O)C2CCCC2)C(=O)O)cc1Cl. The van der Waals surface area contributed by atoms with Gasteiger partial charge < -0.3 is 15.2 Å². The maximum absolute atomic E-state index is 12.1. The van der Waals surface area contributed by atoms with Crippen LogP contribution in [0.25, 0.3) is 0 Å². The minimum Gasteiger partial charge on any atom is -0.495 e. The monoisotopic (exact) mass is 311 g/mol. The van der Waals surface area contributed by atoms with Crippen molar-refractivity contribution < 1.29 is 19.4 Å². The predicted molar refractivity (Wildman–Crippen MR) is 78.5 cm³/mol. The number of rotatable bonds is 5. The summed E-state index contributed by atoms with van der Waals surface area (Å²) >= 11 is 6.01. The first-order valence-electron chi connectivity index (χ1n) is 6.89. The van der Waals surface area contributed by atoms with Crippen LogP contribution in [0.2, 0.25) is 5.02 Å². The van der Waals surface area contributed by atoms with Crippen molar-refractivity contribution in [3.63, 3.8) is 0 Å². The minimum absolute atomic E-state index is 0.0828. The van der Waals surface area contributed by atoms with Gasteiger partial charge >= 0.3 is 5.97 Å². The van der Waals surface area contributed by atoms with Crippen LogP contribution in [-0.2, 0) is 9.59 Å². The molecule has 0 spiro atoms. The molecule has 1 fully saturated rings. The fourth-order valence-corrected chi connectivity index (χ4v) is 2.86. The maximum Gasteiger partial charge on any atom is 0.330 e. The van der Waals surface area contributed by atoms with E-state index in [0.717, 1.165) is 25.7 Å². The number of aliphatic carboxylic acids is 1. The second kappa shape index (κ2) is 6.80. The van der Waals surface area contributed by atoms with Crippen molar-refractivity contribution in [2.24, 2.45) is 5.92 Å². The van der Waals surface area contributed by atoms with Gasteiger partial charge in [-0.3, -0.25) is 4.79 Å². The minimum atomic E-state index is -1.11. The number of ether oxygens (including phenoxy) is 1. The lowest BCUT2D eigenvalue weighted by atomic mass is 10.0. The van der Waals surface area contributed by atoms with Crippen molar-refractivity contribution in [2.45, 2.75) is 31.7 Å². The average Bonchev–Trinajstić information content (AvgIpc) is 2.98. The summed E-state index contributed by atoms with van der Waals surface area (Å²) in [4.78, 5) is 23.5. The Labute approximate surface area is 128 Å². The van der Waals surface area contributed by atoms with Gasteiger partial charge in [-0.05, 0) is 30.5 Å². The van der Waals surface area contributed by atoms with Crippen LogP contribution < -0.4 is 10.1 Å². The van der Waals surface area contributed by atoms with E-state index >= 15 is 0 Å². The van der Waals surface area contributed by atoms with Gasteiger partial charge in [0, 0.05) is 5.92 Å². The van der Waals surface area contributed by atoms with Crippen molar-refractivity contribution in [1.29, 1.82) is 0 Å². The predicted octanol–water partition coefficient (Wildman–Crippen LogP) is 2.78. The highest BCUT2D eigenvalue weighted by Crippen LogP contribution is 2.29. The fraction of sp³-hybridized carbons (Fsp3) is 0.467. The molecule has 2 N–H and O–H groups in total. The Morgan fingerprint density at radius 2 is 2.05 bits per heavy atom. The van der Waals surface area contributed by atoms with E-state index in [1.54, 1.807) is 12.1 Å². The Bertz CT molecular complexity index is 540. The van der Waals surface area contributed by atoms with Crippen molar-refractivity contribution in [3.8, 4) is 5.75 Å². The molecule has 6 heteroatoms. The molecule has 1 saturated carbocycles. The number of hydrogen-bond acceptors (Lipinski definition) is 3. The molecule has 1 aliphatic rings. The molecule has 0 aromatic heterocycles. The van der Waals surface area contributed by atoms with Crippen LogP contribution in [-0.4, -0.2) is 24.1 Å². The number of nitrogens with one attached hydrogen (secondary N) is 1. The molecular formula is C15H18ClNO4. The Kier molecular flexibility index (Phi) is 5.07. The first-order chi connectivity index (χ1) is 10.0. The van der Waals surface area contributed by atoms with E-state index in [0.29, 0.717) is 16.3 Å². The number of benzene rings is 1. The molecule has 1 amide bonds. The second-order valence-corrected chi connectivity index (χ2v) is 5.56. The molecule has 0 aliphatic heterocycles. The summed E-state index contributed by atoms with van der Waals surface area (Å²) in [5.74, 6) is -0.929. The third-order valence-corrected chi connectivity index (χ3v) is 4.06. The van der Waals surface area contributed by atoms with Crippen LogP contribution in [0.3, 0.4) is 0 Å². The third-order valence-electron chi connectivity index (χ3n) is 3.77. The van der Waals surface area contributed by atoms with E-state index in [4.69, 9.17) is 16.3 Å². The van der Waals surface area contributed by atoms with Gasteiger partial charge in [0.25, 0.3) is 0 Å². The lowest BCUT2D eigenvalue weighted by Gasteiger charge is -2.18. The molecule has 1 atom stereocenters. The second-order valence-electron chi connectivity index (χ2n) is 5.16. The molecule has 2 rings (SSSR count). The van der Waals surface area contributed by atoms with E-state index in [-0.39, 0.29) is 11.8 Å². The number of hydrogen-bond donors (Lipinski definition) is 2. The summed E-state index contributed by atoms with van der Waals surface area (Å²) in [6.45, 7) is 0. The van der Waals surface area contributed by atoms with Crippen LogP contribution in [0.1, 0.15) is 37.3 Å². The number of amides is 1. The van der Waals surface area contributed by atoms with Gasteiger partial charge in [-0.1, -0.05) is 30.5 Å². The average molecular weight is 312 g/mol. The Hall–Kier alpha value is -1.75. The molecule has 0 radical (unpaired) electrons. The number of carboxylic acids is 1. The summed E-state index contributed by atoms with van der Waals surface area (Å²) in [5.41, 5.74) is 0.430. The Balaban J connectivity index is 2.16. The van der Waals surface area contributed by atoms with Crippen molar-refractivity contribution >= 4 is 23.5 Å². The van der Waals surface area contributed by atoms with Crippen LogP contribution in [0, 0.1) is 5.92 Å². The zero-order valence-electron chi connectivity index (χ0n) is 11.8. The quantitative estimate of drug-likeness (QED) is 0.876. The van der Waals surface area contributed by atoms with Crippen LogP contribution in [0.5, 0.6) is 5.75 Å². The zero-order valence-corrected chi connectivity index (χ0v) is 12.5. The van der Waals surface area contributed by atoms with Gasteiger partial charge in [0.2, 0.25) is 5.91 Å². The highest BCUT2D eigenvalue weighted by molar-refractivity contribution is 6.32. The summed E-state index contributed by atoms with van der Waals surface area (Å²) in [6, 6.07) is 3.60. The van der Waals surface area contributed by atoms with E-state index in [9.17, 15) is 14.7 Å². The number of carbonyl (C=O) groups is 2. The van der Waals surface area contributed by atoms with Gasteiger partial charge in [0.15, 0.2) is 6.04 Å². The van der Waals surface area contributed by atoms with Crippen LogP contribution in [0.15, 0.2) is 18.2 Å². The zero-order chi connectivity index (χ0) is 15.4. The molecule has 5 nitrogen and oxygen atoms in total. The fourth-order valence-electron chi connectivity index (χ4n) is 2.60. The van der Waals surface area contributed by atoms with E-state index in [1.807, 2.05) is 0 Å². The molecule has 1 aromatic rings. The molecule has 1 unspecified atom stereocenters. The normalized spacial score (nSPS) is 16.5. The van der Waals surface area contributed by atoms with Crippen LogP contribution >= 0.6 is 11.6 Å². The third kappa shape index (κ3) is 3.67. The van der Waals surface area contributed by atoms with Crippen molar-refractivity contribution in [2.75, 3.05) is 7.11 Å². The molecule has 1 aromatic carbocycles. The van der Waals surface area contributed by atoms with Gasteiger partial charge in [-0.15, -0.1) is 0 Å². The number of carbonyl (C=O) groups excluding carboxylic acids is 1. The molecular weight excluding hydrogens is 294 g/mol. The van der Waals surface area contributed by atoms with Gasteiger partial charge in [-0.2, -0.15) is 0 Å². The van der Waals surface area contributed by atoms with Crippen molar-refractivity contribution in [3.05, 3.63) is 28.8 Å². The Morgan fingerprint density at radius 1 is 1.38 bits per heavy atom. The summed E-state index contributed by atoms with van der Waals surface area (Å²) in [5, 5.41) is 12.3. The summed E-state index contributed by atoms with van der Waals surface area (Å²) < 4.78 is 5.04. The van der Waals surface area contributed by atoms with E-state index in [1.165, 1.54) is 13.2 Å². The van der Waals surface area contributed by atoms with E-state index in [2.05, 4.69) is 5.32 Å². The molecule has 21 heavy (non-hydrogen) atoms. The molecule has 0 saturated heterocycles. The number of carboxylic acid groups (broad SMARTS) is 1. The standard InChI is InChI=1S/C15H18ClNO4/c1-21-12-7-6-10(8-11(12)16)13(15(19)20)17-14(18)9-4-2-3-5-9/h6-9,13H,2-5H2,1H3,(H,17,18)(H,19,20). The largest absolute Gasteiger partial charge is 0.495 e. The van der Waals surface area contributed by atoms with Gasteiger partial charge in [0.05, 0.1) is 12.1 Å². The Morgan fingerprint density at radius 3 is 2.57 bits per heavy atom. The highest BCUT2D eigenvalue weighted by Gasteiger charge is 2.28. The lowest BCUT2D eigenvalue weighted by molar-refractivity contribution is -0.142. The molecule has 0 bridgehead atoms. The number of methoxy groups -OCH3 is 1.